The van der Waals surface area contributed by atoms with Gasteiger partial charge in [-0.2, -0.15) is 5.10 Å². The molecule has 0 bridgehead atoms. The lowest BCUT2D eigenvalue weighted by atomic mass is 10.0. The number of piperidine rings is 1. The molecule has 2 aliphatic heterocycles. The van der Waals surface area contributed by atoms with Crippen molar-refractivity contribution in [3.63, 3.8) is 0 Å². The zero-order valence-corrected chi connectivity index (χ0v) is 10.6. The topological polar surface area (TPSA) is 35.2 Å². The molecule has 1 unspecified atom stereocenters. The standard InChI is InChI=1S/C13H22N4/c1-16-7-4-12(5-8-16)17-9-3-11(10-17)13-2-6-14-15-13/h2,6,11-12H,3-5,7-10H2,1H3,(H,14,15). The monoisotopic (exact) mass is 234 g/mol. The highest BCUT2D eigenvalue weighted by atomic mass is 15.2. The van der Waals surface area contributed by atoms with Gasteiger partial charge in [-0.15, -0.1) is 0 Å². The molecule has 1 aromatic heterocycles. The summed E-state index contributed by atoms with van der Waals surface area (Å²) in [6.07, 6.45) is 5.83. The van der Waals surface area contributed by atoms with Gasteiger partial charge in [-0.05, 0) is 52.0 Å². The minimum atomic E-state index is 0.678. The summed E-state index contributed by atoms with van der Waals surface area (Å²) in [6, 6.07) is 2.95. The van der Waals surface area contributed by atoms with Crippen molar-refractivity contribution in [3.05, 3.63) is 18.0 Å². The van der Waals surface area contributed by atoms with Gasteiger partial charge in [-0.25, -0.2) is 0 Å². The Morgan fingerprint density at radius 1 is 1.24 bits per heavy atom. The van der Waals surface area contributed by atoms with Crippen molar-refractivity contribution >= 4 is 0 Å². The van der Waals surface area contributed by atoms with Gasteiger partial charge in [0.25, 0.3) is 0 Å². The molecule has 3 heterocycles. The zero-order chi connectivity index (χ0) is 11.7. The maximum absolute atomic E-state index is 4.06. The number of aromatic nitrogens is 2. The molecule has 4 nitrogen and oxygen atoms in total. The first-order chi connectivity index (χ1) is 8.33. The lowest BCUT2D eigenvalue weighted by molar-refractivity contribution is 0.142. The van der Waals surface area contributed by atoms with Crippen LogP contribution in [0.1, 0.15) is 30.9 Å². The van der Waals surface area contributed by atoms with Crippen LogP contribution in [0, 0.1) is 0 Å². The van der Waals surface area contributed by atoms with Crippen molar-refractivity contribution in [1.82, 2.24) is 20.0 Å². The number of hydrogen-bond donors (Lipinski definition) is 1. The van der Waals surface area contributed by atoms with Crippen LogP contribution in [-0.2, 0) is 0 Å². The third kappa shape index (κ3) is 2.38. The smallest absolute Gasteiger partial charge is 0.0490 e. The Morgan fingerprint density at radius 3 is 2.76 bits per heavy atom. The molecule has 17 heavy (non-hydrogen) atoms. The highest BCUT2D eigenvalue weighted by Crippen LogP contribution is 2.29. The average Bonchev–Trinajstić information content (AvgIpc) is 3.00. The number of aromatic amines is 1. The van der Waals surface area contributed by atoms with Crippen LogP contribution in [0.15, 0.2) is 12.3 Å². The molecule has 0 radical (unpaired) electrons. The van der Waals surface area contributed by atoms with Gasteiger partial charge in [0.2, 0.25) is 0 Å². The van der Waals surface area contributed by atoms with Crippen molar-refractivity contribution in [3.8, 4) is 0 Å². The largest absolute Gasteiger partial charge is 0.306 e. The Balaban J connectivity index is 1.57. The van der Waals surface area contributed by atoms with Crippen LogP contribution in [0.5, 0.6) is 0 Å². The van der Waals surface area contributed by atoms with Gasteiger partial charge >= 0.3 is 0 Å². The van der Waals surface area contributed by atoms with E-state index < -0.39 is 0 Å². The van der Waals surface area contributed by atoms with E-state index in [2.05, 4.69) is 33.1 Å². The summed E-state index contributed by atoms with van der Waals surface area (Å²) in [6.45, 7) is 5.00. The lowest BCUT2D eigenvalue weighted by Gasteiger charge is -2.35. The van der Waals surface area contributed by atoms with Gasteiger partial charge in [-0.3, -0.25) is 10.00 Å². The molecule has 2 saturated heterocycles. The minimum Gasteiger partial charge on any atom is -0.306 e. The zero-order valence-electron chi connectivity index (χ0n) is 10.6. The first-order valence-electron chi connectivity index (χ1n) is 6.75. The summed E-state index contributed by atoms with van der Waals surface area (Å²) in [5, 5.41) is 7.19. The van der Waals surface area contributed by atoms with E-state index >= 15 is 0 Å². The van der Waals surface area contributed by atoms with Crippen molar-refractivity contribution in [2.45, 2.75) is 31.2 Å². The van der Waals surface area contributed by atoms with Crippen molar-refractivity contribution < 1.29 is 0 Å². The summed E-state index contributed by atoms with van der Waals surface area (Å²) in [4.78, 5) is 5.14. The molecule has 1 N–H and O–H groups in total. The summed E-state index contributed by atoms with van der Waals surface area (Å²) in [5.41, 5.74) is 1.32. The summed E-state index contributed by atoms with van der Waals surface area (Å²) in [7, 11) is 2.23. The first-order valence-corrected chi connectivity index (χ1v) is 6.75. The SMILES string of the molecule is CN1CCC(N2CCC(c3ccn[nH]3)C2)CC1. The molecule has 0 aliphatic carbocycles. The first kappa shape index (κ1) is 11.2. The van der Waals surface area contributed by atoms with E-state index in [1.54, 1.807) is 0 Å². The molecule has 0 saturated carbocycles. The molecule has 1 aromatic rings. The number of rotatable bonds is 2. The molecule has 0 spiro atoms. The Labute approximate surface area is 103 Å². The molecule has 1 atom stereocenters. The lowest BCUT2D eigenvalue weighted by Crippen LogP contribution is -2.42. The van der Waals surface area contributed by atoms with E-state index in [4.69, 9.17) is 0 Å². The number of nitrogens with zero attached hydrogens (tertiary/aromatic N) is 3. The van der Waals surface area contributed by atoms with E-state index in [1.165, 1.54) is 51.1 Å². The molecular weight excluding hydrogens is 212 g/mol. The fourth-order valence-electron chi connectivity index (χ4n) is 3.23. The number of hydrogen-bond acceptors (Lipinski definition) is 3. The Hall–Kier alpha value is -0.870. The molecule has 2 fully saturated rings. The third-order valence-corrected chi connectivity index (χ3v) is 4.39. The molecule has 4 heteroatoms. The van der Waals surface area contributed by atoms with Crippen LogP contribution in [0.2, 0.25) is 0 Å². The maximum Gasteiger partial charge on any atom is 0.0490 e. The van der Waals surface area contributed by atoms with Gasteiger partial charge < -0.3 is 4.90 Å². The van der Waals surface area contributed by atoms with Crippen LogP contribution in [0.4, 0.5) is 0 Å². The van der Waals surface area contributed by atoms with Gasteiger partial charge in [0, 0.05) is 30.4 Å². The van der Waals surface area contributed by atoms with Crippen molar-refractivity contribution in [2.24, 2.45) is 0 Å². The van der Waals surface area contributed by atoms with Crippen LogP contribution in [0.25, 0.3) is 0 Å². The molecule has 94 valence electrons. The van der Waals surface area contributed by atoms with Gasteiger partial charge in [0.1, 0.15) is 0 Å². The van der Waals surface area contributed by atoms with Crippen LogP contribution in [-0.4, -0.2) is 59.3 Å². The van der Waals surface area contributed by atoms with E-state index in [0.717, 1.165) is 6.04 Å². The number of nitrogens with one attached hydrogen (secondary N) is 1. The molecular formula is C13H22N4. The maximum atomic E-state index is 4.06. The summed E-state index contributed by atoms with van der Waals surface area (Å²) in [5.74, 6) is 0.678. The fourth-order valence-corrected chi connectivity index (χ4v) is 3.23. The Bertz CT molecular complexity index is 340. The van der Waals surface area contributed by atoms with Crippen molar-refractivity contribution in [2.75, 3.05) is 33.2 Å². The second-order valence-corrected chi connectivity index (χ2v) is 5.53. The van der Waals surface area contributed by atoms with Crippen LogP contribution in [0.3, 0.4) is 0 Å². The predicted octanol–water partition coefficient (Wildman–Crippen LogP) is 1.29. The Kier molecular flexibility index (Phi) is 3.16. The van der Waals surface area contributed by atoms with Gasteiger partial charge in [0.15, 0.2) is 0 Å². The molecule has 3 rings (SSSR count). The summed E-state index contributed by atoms with van der Waals surface area (Å²) < 4.78 is 0. The third-order valence-electron chi connectivity index (χ3n) is 4.39. The molecule has 0 amide bonds. The molecule has 0 aromatic carbocycles. The highest BCUT2D eigenvalue weighted by molar-refractivity contribution is 5.09. The second kappa shape index (κ2) is 4.78. The van der Waals surface area contributed by atoms with E-state index in [9.17, 15) is 0 Å². The highest BCUT2D eigenvalue weighted by Gasteiger charge is 2.31. The normalized spacial score (nSPS) is 28.9. The van der Waals surface area contributed by atoms with Gasteiger partial charge in [0.05, 0.1) is 0 Å². The molecule has 2 aliphatic rings. The van der Waals surface area contributed by atoms with Crippen LogP contribution >= 0.6 is 0 Å². The predicted molar refractivity (Wildman–Crippen MR) is 68.0 cm³/mol. The fraction of sp³-hybridized carbons (Fsp3) is 0.769. The number of likely N-dealkylation sites (tertiary alicyclic amines) is 2. The van der Waals surface area contributed by atoms with Crippen molar-refractivity contribution in [1.29, 1.82) is 0 Å². The van der Waals surface area contributed by atoms with Gasteiger partial charge in [-0.1, -0.05) is 0 Å². The minimum absolute atomic E-state index is 0.678. The van der Waals surface area contributed by atoms with Crippen LogP contribution < -0.4 is 0 Å². The van der Waals surface area contributed by atoms with E-state index in [0.29, 0.717) is 5.92 Å². The van der Waals surface area contributed by atoms with E-state index in [1.807, 2.05) is 6.20 Å². The Morgan fingerprint density at radius 2 is 2.06 bits per heavy atom. The second-order valence-electron chi connectivity index (χ2n) is 5.53. The quantitative estimate of drug-likeness (QED) is 0.837. The summed E-state index contributed by atoms with van der Waals surface area (Å²) >= 11 is 0. The average molecular weight is 234 g/mol. The van der Waals surface area contributed by atoms with E-state index in [-0.39, 0.29) is 0 Å². The number of H-pyrrole nitrogens is 1.